The van der Waals surface area contributed by atoms with Crippen molar-refractivity contribution in [2.45, 2.75) is 13.3 Å². The van der Waals surface area contributed by atoms with Crippen LogP contribution < -0.4 is 15.4 Å². The molecule has 0 unspecified atom stereocenters. The zero-order valence-corrected chi connectivity index (χ0v) is 17.1. The molecule has 1 amide bonds. The lowest BCUT2D eigenvalue weighted by Crippen LogP contribution is -2.18. The summed E-state index contributed by atoms with van der Waals surface area (Å²) in [5.74, 6) is 1.66. The predicted molar refractivity (Wildman–Crippen MR) is 118 cm³/mol. The van der Waals surface area contributed by atoms with Crippen molar-refractivity contribution in [3.05, 3.63) is 72.1 Å². The molecule has 0 radical (unpaired) electrons. The van der Waals surface area contributed by atoms with Gasteiger partial charge in [-0.1, -0.05) is 19.1 Å². The second kappa shape index (κ2) is 8.24. The SMILES string of the molecule is CCc1cccc(Nc2nc3cc(Oc4ccnc(C(=O)NC)c4)ccc3n2C)c1. The van der Waals surface area contributed by atoms with Crippen LogP contribution >= 0.6 is 0 Å². The maximum Gasteiger partial charge on any atom is 0.269 e. The third-order valence-corrected chi connectivity index (χ3v) is 4.87. The van der Waals surface area contributed by atoms with Crippen molar-refractivity contribution in [3.63, 3.8) is 0 Å². The van der Waals surface area contributed by atoms with Crippen LogP contribution in [0.5, 0.6) is 11.5 Å². The Hall–Kier alpha value is -3.87. The zero-order valence-electron chi connectivity index (χ0n) is 17.1. The van der Waals surface area contributed by atoms with Crippen molar-refractivity contribution < 1.29 is 9.53 Å². The van der Waals surface area contributed by atoms with Crippen LogP contribution in [-0.2, 0) is 13.5 Å². The summed E-state index contributed by atoms with van der Waals surface area (Å²) in [5.41, 5.74) is 4.36. The maximum absolute atomic E-state index is 11.8. The third-order valence-electron chi connectivity index (χ3n) is 4.87. The number of nitrogens with one attached hydrogen (secondary N) is 2. The van der Waals surface area contributed by atoms with Crippen molar-refractivity contribution in [3.8, 4) is 11.5 Å². The van der Waals surface area contributed by atoms with Gasteiger partial charge in [0.1, 0.15) is 17.2 Å². The number of fused-ring (bicyclic) bond motifs is 1. The molecule has 0 fully saturated rings. The van der Waals surface area contributed by atoms with Gasteiger partial charge in [0, 0.05) is 38.1 Å². The van der Waals surface area contributed by atoms with Gasteiger partial charge in [0.15, 0.2) is 0 Å². The van der Waals surface area contributed by atoms with Crippen LogP contribution in [0.4, 0.5) is 11.6 Å². The minimum atomic E-state index is -0.261. The van der Waals surface area contributed by atoms with Gasteiger partial charge in [-0.2, -0.15) is 0 Å². The van der Waals surface area contributed by atoms with E-state index in [0.29, 0.717) is 17.2 Å². The van der Waals surface area contributed by atoms with Crippen LogP contribution in [0, 0.1) is 0 Å². The number of imidazole rings is 1. The van der Waals surface area contributed by atoms with Gasteiger partial charge in [-0.3, -0.25) is 9.78 Å². The Kier molecular flexibility index (Phi) is 5.34. The quantitative estimate of drug-likeness (QED) is 0.500. The number of ether oxygens (including phenoxy) is 1. The highest BCUT2D eigenvalue weighted by atomic mass is 16.5. The number of hydrogen-bond acceptors (Lipinski definition) is 5. The summed E-state index contributed by atoms with van der Waals surface area (Å²) >= 11 is 0. The fraction of sp³-hybridized carbons (Fsp3) is 0.174. The Labute approximate surface area is 174 Å². The van der Waals surface area contributed by atoms with E-state index in [1.807, 2.05) is 41.9 Å². The molecule has 0 spiro atoms. The molecule has 4 aromatic rings. The molecular weight excluding hydrogens is 378 g/mol. The van der Waals surface area contributed by atoms with Gasteiger partial charge in [-0.25, -0.2) is 4.98 Å². The van der Waals surface area contributed by atoms with Crippen molar-refractivity contribution in [1.82, 2.24) is 19.9 Å². The lowest BCUT2D eigenvalue weighted by atomic mass is 10.1. The minimum absolute atomic E-state index is 0.261. The van der Waals surface area contributed by atoms with Crippen molar-refractivity contribution >= 4 is 28.6 Å². The smallest absolute Gasteiger partial charge is 0.269 e. The number of aryl methyl sites for hydroxylation is 2. The van der Waals surface area contributed by atoms with Crippen LogP contribution in [0.25, 0.3) is 11.0 Å². The molecule has 0 aliphatic carbocycles. The molecule has 7 heteroatoms. The Morgan fingerprint density at radius 3 is 2.73 bits per heavy atom. The number of aromatic nitrogens is 3. The van der Waals surface area contributed by atoms with E-state index >= 15 is 0 Å². The summed E-state index contributed by atoms with van der Waals surface area (Å²) in [7, 11) is 3.54. The van der Waals surface area contributed by atoms with Gasteiger partial charge in [0.05, 0.1) is 11.0 Å². The number of carbonyl (C=O) groups is 1. The van der Waals surface area contributed by atoms with E-state index in [2.05, 4.69) is 34.7 Å². The number of carbonyl (C=O) groups excluding carboxylic acids is 1. The number of pyridine rings is 1. The van der Waals surface area contributed by atoms with Gasteiger partial charge in [0.2, 0.25) is 5.95 Å². The lowest BCUT2D eigenvalue weighted by molar-refractivity contribution is 0.0958. The number of hydrogen-bond donors (Lipinski definition) is 2. The Bertz CT molecular complexity index is 1220. The zero-order chi connectivity index (χ0) is 21.1. The first-order valence-corrected chi connectivity index (χ1v) is 9.76. The molecule has 0 aliphatic heterocycles. The number of benzene rings is 2. The summed E-state index contributed by atoms with van der Waals surface area (Å²) in [6.45, 7) is 2.14. The largest absolute Gasteiger partial charge is 0.457 e. The highest BCUT2D eigenvalue weighted by molar-refractivity contribution is 5.92. The molecule has 0 saturated carbocycles. The molecule has 0 bridgehead atoms. The van der Waals surface area contributed by atoms with Gasteiger partial charge >= 0.3 is 0 Å². The summed E-state index contributed by atoms with van der Waals surface area (Å²) in [6.07, 6.45) is 2.53. The Morgan fingerprint density at radius 1 is 1.10 bits per heavy atom. The Morgan fingerprint density at radius 2 is 1.93 bits per heavy atom. The summed E-state index contributed by atoms with van der Waals surface area (Å²) in [5, 5.41) is 5.95. The fourth-order valence-electron chi connectivity index (χ4n) is 3.22. The second-order valence-corrected chi connectivity index (χ2v) is 6.88. The van der Waals surface area contributed by atoms with Crippen molar-refractivity contribution in [2.75, 3.05) is 12.4 Å². The number of anilines is 2. The van der Waals surface area contributed by atoms with Crippen LogP contribution in [0.1, 0.15) is 23.0 Å². The molecule has 30 heavy (non-hydrogen) atoms. The topological polar surface area (TPSA) is 81.1 Å². The first-order valence-electron chi connectivity index (χ1n) is 9.76. The van der Waals surface area contributed by atoms with Crippen molar-refractivity contribution in [2.24, 2.45) is 7.05 Å². The van der Waals surface area contributed by atoms with Crippen LogP contribution in [0.3, 0.4) is 0 Å². The molecule has 0 saturated heterocycles. The molecule has 0 atom stereocenters. The Balaban J connectivity index is 1.59. The monoisotopic (exact) mass is 401 g/mol. The number of amides is 1. The molecule has 4 rings (SSSR count). The highest BCUT2D eigenvalue weighted by Gasteiger charge is 2.11. The number of rotatable bonds is 6. The first-order chi connectivity index (χ1) is 14.6. The van der Waals surface area contributed by atoms with Gasteiger partial charge in [-0.15, -0.1) is 0 Å². The molecule has 2 heterocycles. The van der Waals surface area contributed by atoms with Gasteiger partial charge < -0.3 is 19.9 Å². The van der Waals surface area contributed by atoms with E-state index in [4.69, 9.17) is 9.72 Å². The molecular formula is C23H23N5O2. The summed E-state index contributed by atoms with van der Waals surface area (Å²) < 4.78 is 7.94. The highest BCUT2D eigenvalue weighted by Crippen LogP contribution is 2.28. The van der Waals surface area contributed by atoms with E-state index in [-0.39, 0.29) is 5.91 Å². The van der Waals surface area contributed by atoms with E-state index in [0.717, 1.165) is 29.1 Å². The molecule has 7 nitrogen and oxygen atoms in total. The van der Waals surface area contributed by atoms with Crippen molar-refractivity contribution in [1.29, 1.82) is 0 Å². The average molecular weight is 401 g/mol. The normalized spacial score (nSPS) is 10.8. The number of nitrogens with zero attached hydrogens (tertiary/aromatic N) is 3. The average Bonchev–Trinajstić information content (AvgIpc) is 3.08. The predicted octanol–water partition coefficient (Wildman–Crippen LogP) is 4.43. The molecule has 0 aliphatic rings. The summed E-state index contributed by atoms with van der Waals surface area (Å²) in [4.78, 5) is 20.5. The first kappa shape index (κ1) is 19.4. The van der Waals surface area contributed by atoms with E-state index in [9.17, 15) is 4.79 Å². The van der Waals surface area contributed by atoms with Crippen LogP contribution in [-0.4, -0.2) is 27.5 Å². The molecule has 2 aromatic carbocycles. The lowest BCUT2D eigenvalue weighted by Gasteiger charge is -2.08. The van der Waals surface area contributed by atoms with Crippen LogP contribution in [0.15, 0.2) is 60.8 Å². The van der Waals surface area contributed by atoms with Gasteiger partial charge in [-0.05, 0) is 42.3 Å². The minimum Gasteiger partial charge on any atom is -0.457 e. The standard InChI is InChI=1S/C23H23N5O2/c1-4-15-6-5-7-16(12-15)26-23-27-19-13-17(8-9-21(19)28(23)3)30-18-10-11-25-20(14-18)22(29)24-2/h5-14H,4H2,1-3H3,(H,24,29)(H,26,27). The van der Waals surface area contributed by atoms with Crippen LogP contribution in [0.2, 0.25) is 0 Å². The molecule has 152 valence electrons. The van der Waals surface area contributed by atoms with E-state index in [1.54, 1.807) is 25.4 Å². The molecule has 2 N–H and O–H groups in total. The van der Waals surface area contributed by atoms with E-state index in [1.165, 1.54) is 5.56 Å². The molecule has 2 aromatic heterocycles. The van der Waals surface area contributed by atoms with Gasteiger partial charge in [0.25, 0.3) is 5.91 Å². The summed E-state index contributed by atoms with van der Waals surface area (Å²) in [6, 6.07) is 17.3. The maximum atomic E-state index is 11.8. The fourth-order valence-corrected chi connectivity index (χ4v) is 3.22. The van der Waals surface area contributed by atoms with E-state index < -0.39 is 0 Å². The third kappa shape index (κ3) is 3.96. The second-order valence-electron chi connectivity index (χ2n) is 6.88.